The quantitative estimate of drug-likeness (QED) is 0.667. The van der Waals surface area contributed by atoms with Crippen molar-refractivity contribution in [3.05, 3.63) is 0 Å². The lowest BCUT2D eigenvalue weighted by Gasteiger charge is -2.70. The minimum atomic E-state index is -0.0220. The third kappa shape index (κ3) is 1.31. The lowest BCUT2D eigenvalue weighted by Crippen LogP contribution is -2.70. The van der Waals surface area contributed by atoms with Gasteiger partial charge in [0.2, 0.25) is 0 Å². The van der Waals surface area contributed by atoms with Crippen molar-refractivity contribution in [2.24, 2.45) is 23.7 Å². The second-order valence-corrected chi connectivity index (χ2v) is 6.02. The molecule has 0 bridgehead atoms. The Labute approximate surface area is 92.3 Å². The zero-order valence-corrected chi connectivity index (χ0v) is 10.0. The Morgan fingerprint density at radius 2 is 1.80 bits per heavy atom. The summed E-state index contributed by atoms with van der Waals surface area (Å²) in [6.07, 6.45) is 5.45. The first-order chi connectivity index (χ1) is 7.14. The van der Waals surface area contributed by atoms with Crippen LogP contribution in [-0.2, 0) is 9.47 Å². The molecule has 0 saturated heterocycles. The highest BCUT2D eigenvalue weighted by Crippen LogP contribution is 2.68. The van der Waals surface area contributed by atoms with Crippen molar-refractivity contribution in [3.63, 3.8) is 0 Å². The molecule has 0 aromatic rings. The average Bonchev–Trinajstić information content (AvgIpc) is 2.12. The molecule has 0 radical (unpaired) electrons. The van der Waals surface area contributed by atoms with Gasteiger partial charge in [-0.2, -0.15) is 0 Å². The van der Waals surface area contributed by atoms with Gasteiger partial charge in [0.1, 0.15) is 0 Å². The highest BCUT2D eigenvalue weighted by Gasteiger charge is 2.67. The van der Waals surface area contributed by atoms with Crippen LogP contribution in [0.15, 0.2) is 0 Å². The SMILES string of the molecule is COC(C)OC12CC3CC(C)CC(C1)C32. The average molecular weight is 210 g/mol. The second-order valence-electron chi connectivity index (χ2n) is 6.02. The first-order valence-electron chi connectivity index (χ1n) is 6.35. The van der Waals surface area contributed by atoms with E-state index in [-0.39, 0.29) is 11.9 Å². The van der Waals surface area contributed by atoms with Crippen LogP contribution in [0.1, 0.15) is 39.5 Å². The smallest absolute Gasteiger partial charge is 0.155 e. The summed E-state index contributed by atoms with van der Waals surface area (Å²) in [7, 11) is 1.73. The Morgan fingerprint density at radius 3 is 2.33 bits per heavy atom. The summed E-state index contributed by atoms with van der Waals surface area (Å²) in [5.41, 5.74) is 0.241. The van der Waals surface area contributed by atoms with Gasteiger partial charge in [0.25, 0.3) is 0 Å². The molecule has 0 amide bonds. The van der Waals surface area contributed by atoms with Crippen LogP contribution < -0.4 is 0 Å². The van der Waals surface area contributed by atoms with E-state index in [0.717, 1.165) is 23.7 Å². The molecular weight excluding hydrogens is 188 g/mol. The molecule has 3 fully saturated rings. The van der Waals surface area contributed by atoms with Gasteiger partial charge >= 0.3 is 0 Å². The monoisotopic (exact) mass is 210 g/mol. The third-order valence-electron chi connectivity index (χ3n) is 4.98. The first kappa shape index (κ1) is 10.1. The Morgan fingerprint density at radius 1 is 1.20 bits per heavy atom. The van der Waals surface area contributed by atoms with E-state index in [0.29, 0.717) is 0 Å². The molecule has 0 aromatic carbocycles. The summed E-state index contributed by atoms with van der Waals surface area (Å²) in [5, 5.41) is 0. The van der Waals surface area contributed by atoms with E-state index in [1.54, 1.807) is 7.11 Å². The van der Waals surface area contributed by atoms with Gasteiger partial charge in [-0.3, -0.25) is 0 Å². The van der Waals surface area contributed by atoms with Crippen molar-refractivity contribution >= 4 is 0 Å². The first-order valence-corrected chi connectivity index (χ1v) is 6.35. The molecule has 15 heavy (non-hydrogen) atoms. The molecule has 3 aliphatic carbocycles. The maximum Gasteiger partial charge on any atom is 0.155 e. The zero-order valence-electron chi connectivity index (χ0n) is 10.0. The molecule has 0 aromatic heterocycles. The van der Waals surface area contributed by atoms with Crippen LogP contribution in [0.2, 0.25) is 0 Å². The molecule has 2 nitrogen and oxygen atoms in total. The highest BCUT2D eigenvalue weighted by molar-refractivity contribution is 5.17. The van der Waals surface area contributed by atoms with E-state index < -0.39 is 0 Å². The molecule has 0 N–H and O–H groups in total. The molecule has 0 heterocycles. The van der Waals surface area contributed by atoms with Crippen molar-refractivity contribution < 1.29 is 9.47 Å². The number of hydrogen-bond acceptors (Lipinski definition) is 2. The molecule has 3 saturated carbocycles. The molecule has 86 valence electrons. The van der Waals surface area contributed by atoms with Crippen molar-refractivity contribution in [2.45, 2.75) is 51.4 Å². The third-order valence-corrected chi connectivity index (χ3v) is 4.98. The van der Waals surface area contributed by atoms with Gasteiger partial charge in [0.15, 0.2) is 6.29 Å². The summed E-state index contributed by atoms with van der Waals surface area (Å²) >= 11 is 0. The molecule has 3 aliphatic rings. The summed E-state index contributed by atoms with van der Waals surface area (Å²) in [5.74, 6) is 3.77. The van der Waals surface area contributed by atoms with Gasteiger partial charge in [-0.15, -0.1) is 0 Å². The predicted molar refractivity (Wildman–Crippen MR) is 58.4 cm³/mol. The molecule has 3 atom stereocenters. The fraction of sp³-hybridized carbons (Fsp3) is 1.00. The van der Waals surface area contributed by atoms with Crippen molar-refractivity contribution in [3.8, 4) is 0 Å². The van der Waals surface area contributed by atoms with Crippen molar-refractivity contribution in [2.75, 3.05) is 7.11 Å². The Bertz CT molecular complexity index is 247. The van der Waals surface area contributed by atoms with Gasteiger partial charge in [-0.05, 0) is 56.3 Å². The van der Waals surface area contributed by atoms with Crippen LogP contribution in [-0.4, -0.2) is 19.0 Å². The molecular formula is C13H22O2. The number of methoxy groups -OCH3 is 1. The summed E-state index contributed by atoms with van der Waals surface area (Å²) in [6.45, 7) is 4.42. The van der Waals surface area contributed by atoms with Crippen LogP contribution in [0.3, 0.4) is 0 Å². The van der Waals surface area contributed by atoms with Crippen LogP contribution >= 0.6 is 0 Å². The highest BCUT2D eigenvalue weighted by atomic mass is 16.7. The molecule has 0 spiro atoms. The number of hydrogen-bond donors (Lipinski definition) is 0. The largest absolute Gasteiger partial charge is 0.356 e. The summed E-state index contributed by atoms with van der Waals surface area (Å²) < 4.78 is 11.3. The predicted octanol–water partition coefficient (Wildman–Crippen LogP) is 2.82. The van der Waals surface area contributed by atoms with Crippen LogP contribution in [0, 0.1) is 23.7 Å². The van der Waals surface area contributed by atoms with E-state index >= 15 is 0 Å². The molecule has 0 aliphatic heterocycles. The van der Waals surface area contributed by atoms with E-state index in [2.05, 4.69) is 6.92 Å². The lowest BCUT2D eigenvalue weighted by atomic mass is 9.39. The summed E-state index contributed by atoms with van der Waals surface area (Å²) in [4.78, 5) is 0. The number of rotatable bonds is 3. The van der Waals surface area contributed by atoms with E-state index in [4.69, 9.17) is 9.47 Å². The molecule has 3 rings (SSSR count). The van der Waals surface area contributed by atoms with Crippen molar-refractivity contribution in [1.82, 2.24) is 0 Å². The fourth-order valence-electron chi connectivity index (χ4n) is 4.56. The Hall–Kier alpha value is -0.0800. The van der Waals surface area contributed by atoms with Crippen molar-refractivity contribution in [1.29, 1.82) is 0 Å². The van der Waals surface area contributed by atoms with E-state index in [1.165, 1.54) is 25.7 Å². The normalized spacial score (nSPS) is 53.8. The summed E-state index contributed by atoms with van der Waals surface area (Å²) in [6, 6.07) is 0. The lowest BCUT2D eigenvalue weighted by molar-refractivity contribution is -0.335. The van der Waals surface area contributed by atoms with Crippen LogP contribution in [0.25, 0.3) is 0 Å². The minimum absolute atomic E-state index is 0.0220. The maximum atomic E-state index is 6.07. The van der Waals surface area contributed by atoms with Gasteiger partial charge < -0.3 is 9.47 Å². The van der Waals surface area contributed by atoms with Gasteiger partial charge in [0.05, 0.1) is 5.60 Å². The van der Waals surface area contributed by atoms with Gasteiger partial charge in [-0.1, -0.05) is 6.92 Å². The van der Waals surface area contributed by atoms with Gasteiger partial charge in [0, 0.05) is 7.11 Å². The topological polar surface area (TPSA) is 18.5 Å². The molecule has 2 heteroatoms. The zero-order chi connectivity index (χ0) is 10.6. The van der Waals surface area contributed by atoms with E-state index in [1.807, 2.05) is 6.92 Å². The fourth-order valence-corrected chi connectivity index (χ4v) is 4.56. The van der Waals surface area contributed by atoms with Crippen LogP contribution in [0.4, 0.5) is 0 Å². The second kappa shape index (κ2) is 3.21. The van der Waals surface area contributed by atoms with E-state index in [9.17, 15) is 0 Å². The Kier molecular flexibility index (Phi) is 2.16. The minimum Gasteiger partial charge on any atom is -0.356 e. The van der Waals surface area contributed by atoms with Gasteiger partial charge in [-0.25, -0.2) is 0 Å². The van der Waals surface area contributed by atoms with Crippen LogP contribution in [0.5, 0.6) is 0 Å². The standard InChI is InChI=1S/C13H22O2/c1-8-4-10-6-13(15-9(2)14-3)7-11(5-8)12(10)13/h8-12H,4-7H2,1-3H3. The molecule has 3 unspecified atom stereocenters. The number of ether oxygens (including phenoxy) is 2. The Balaban J connectivity index is 1.65. The maximum absolute atomic E-state index is 6.07.